The second-order valence-electron chi connectivity index (χ2n) is 5.85. The summed E-state index contributed by atoms with van der Waals surface area (Å²) in [6.07, 6.45) is 9.03. The second-order valence-corrected chi connectivity index (χ2v) is 5.85. The van der Waals surface area contributed by atoms with Gasteiger partial charge in [0.1, 0.15) is 0 Å². The molecule has 0 aromatic rings. The van der Waals surface area contributed by atoms with Crippen molar-refractivity contribution in [3.05, 3.63) is 0 Å². The Kier molecular flexibility index (Phi) is 183. The maximum Gasteiger partial charge on any atom is -0.0500 e. The Morgan fingerprint density at radius 1 is 0.391 bits per heavy atom. The van der Waals surface area contributed by atoms with Gasteiger partial charge in [0.25, 0.3) is 0 Å². The van der Waals surface area contributed by atoms with E-state index >= 15 is 0 Å². The Morgan fingerprint density at radius 2 is 0.435 bits per heavy atom. The lowest BCUT2D eigenvalue weighted by Crippen LogP contribution is -1.66. The maximum atomic E-state index is 2.18. The molecule has 0 spiro atoms. The van der Waals surface area contributed by atoms with Gasteiger partial charge in [-0.15, -0.1) is 0 Å². The lowest BCUT2D eigenvalue weighted by Gasteiger charge is -1.79. The molecule has 0 fully saturated rings. The maximum absolute atomic E-state index is 2.18. The Labute approximate surface area is 155 Å². The van der Waals surface area contributed by atoms with E-state index in [-0.39, 0.29) is 0 Å². The van der Waals surface area contributed by atoms with E-state index in [9.17, 15) is 0 Å². The summed E-state index contributed by atoms with van der Waals surface area (Å²) in [6.45, 7) is 32.0. The Morgan fingerprint density at radius 3 is 0.435 bits per heavy atom. The Hall–Kier alpha value is 0. The SMILES string of the molecule is CC.CC(C)C.CCC.CCC.CCC.CCCC.CCCC. The zero-order chi connectivity index (χ0) is 20.5. The molecule has 0 aromatic heterocycles. The van der Waals surface area contributed by atoms with Crippen molar-refractivity contribution in [2.45, 2.75) is 149 Å². The van der Waals surface area contributed by atoms with Crippen LogP contribution in [0.2, 0.25) is 0 Å². The summed E-state index contributed by atoms with van der Waals surface area (Å²) in [7, 11) is 0. The lowest BCUT2D eigenvalue weighted by molar-refractivity contribution is 0.737. The molecule has 0 unspecified atom stereocenters. The standard InChI is InChI=1S/3C4H10.3C3H8.C2H6/c1-4(2)3;2*1-3-4-2;3*1-3-2;1-2/h4H,1-3H3;2*3-4H2,1-2H3;3*3H2,1-2H3;1-2H3. The van der Waals surface area contributed by atoms with E-state index in [0.717, 1.165) is 5.92 Å². The highest BCUT2D eigenvalue weighted by Gasteiger charge is 1.68. The van der Waals surface area contributed by atoms with Crippen LogP contribution < -0.4 is 0 Å². The molecule has 0 aliphatic heterocycles. The second kappa shape index (κ2) is 97.0. The van der Waals surface area contributed by atoms with Crippen LogP contribution in [0.3, 0.4) is 0 Å². The first kappa shape index (κ1) is 43.5. The molecule has 0 aliphatic rings. The number of unbranched alkanes of at least 4 members (excludes halogenated alkanes) is 2. The van der Waals surface area contributed by atoms with E-state index in [1.807, 2.05) is 13.8 Å². The molecule has 0 saturated carbocycles. The number of rotatable bonds is 2. The third-order valence-electron chi connectivity index (χ3n) is 1.000. The molecule has 23 heavy (non-hydrogen) atoms. The van der Waals surface area contributed by atoms with E-state index in [1.165, 1.54) is 44.9 Å². The molecule has 0 rings (SSSR count). The highest BCUT2D eigenvalue weighted by Crippen LogP contribution is 1.81. The molecule has 0 atom stereocenters. The fourth-order valence-corrected chi connectivity index (χ4v) is 0. The first-order chi connectivity index (χ1) is 10.8. The average Bonchev–Trinajstić information content (AvgIpc) is 2.51. The van der Waals surface area contributed by atoms with E-state index in [2.05, 4.69) is 90.0 Å². The van der Waals surface area contributed by atoms with Crippen molar-refractivity contribution in [3.8, 4) is 0 Å². The van der Waals surface area contributed by atoms with Crippen molar-refractivity contribution < 1.29 is 0 Å². The summed E-state index contributed by atoms with van der Waals surface area (Å²) >= 11 is 0. The molecule has 0 saturated heterocycles. The van der Waals surface area contributed by atoms with Gasteiger partial charge in [0, 0.05) is 0 Å². The molecule has 0 bridgehead atoms. The van der Waals surface area contributed by atoms with Gasteiger partial charge in [-0.1, -0.05) is 149 Å². The van der Waals surface area contributed by atoms with Crippen LogP contribution in [0.15, 0.2) is 0 Å². The fraction of sp³-hybridized carbons (Fsp3) is 1.00. The van der Waals surface area contributed by atoms with Gasteiger partial charge in [0.15, 0.2) is 0 Å². The lowest BCUT2D eigenvalue weighted by atomic mass is 10.3. The molecule has 0 radical (unpaired) electrons. The molecule has 0 amide bonds. The zero-order valence-corrected chi connectivity index (χ0v) is 20.5. The van der Waals surface area contributed by atoms with Gasteiger partial charge in [0.2, 0.25) is 0 Å². The highest BCUT2D eigenvalue weighted by atomic mass is 13.7. The molecule has 0 heteroatoms. The Bertz CT molecular complexity index is 48.9. The molecular formula is C23H60. The monoisotopic (exact) mass is 336 g/mol. The van der Waals surface area contributed by atoms with Crippen LogP contribution in [0, 0.1) is 5.92 Å². The van der Waals surface area contributed by atoms with Gasteiger partial charge in [-0.2, -0.15) is 0 Å². The molecule has 0 heterocycles. The van der Waals surface area contributed by atoms with Crippen molar-refractivity contribution in [2.24, 2.45) is 5.92 Å². The average molecular weight is 337 g/mol. The van der Waals surface area contributed by atoms with Crippen LogP contribution in [0.25, 0.3) is 0 Å². The van der Waals surface area contributed by atoms with Crippen LogP contribution in [-0.4, -0.2) is 0 Å². The normalized spacial score (nSPS) is 6.78. The quantitative estimate of drug-likeness (QED) is 0.470. The number of hydrogen-bond acceptors (Lipinski definition) is 0. The zero-order valence-electron chi connectivity index (χ0n) is 20.5. The van der Waals surface area contributed by atoms with Crippen molar-refractivity contribution in [1.29, 1.82) is 0 Å². The summed E-state index contributed by atoms with van der Waals surface area (Å²) in [6, 6.07) is 0. The molecule has 152 valence electrons. The minimum Gasteiger partial charge on any atom is -0.0683 e. The molecule has 0 N–H and O–H groups in total. The summed E-state index contributed by atoms with van der Waals surface area (Å²) < 4.78 is 0. The summed E-state index contributed by atoms with van der Waals surface area (Å²) in [5.74, 6) is 0.833. The summed E-state index contributed by atoms with van der Waals surface area (Å²) in [4.78, 5) is 0. The third kappa shape index (κ3) is 2200. The predicted molar refractivity (Wildman–Crippen MR) is 121 cm³/mol. The minimum atomic E-state index is 0.833. The molecule has 0 nitrogen and oxygen atoms in total. The van der Waals surface area contributed by atoms with Crippen LogP contribution in [0.5, 0.6) is 0 Å². The van der Waals surface area contributed by atoms with Gasteiger partial charge in [-0.3, -0.25) is 0 Å². The van der Waals surface area contributed by atoms with Gasteiger partial charge in [0.05, 0.1) is 0 Å². The molecular weight excluding hydrogens is 276 g/mol. The first-order valence-electron chi connectivity index (χ1n) is 10.8. The first-order valence-corrected chi connectivity index (χ1v) is 10.8. The van der Waals surface area contributed by atoms with Crippen LogP contribution in [0.4, 0.5) is 0 Å². The van der Waals surface area contributed by atoms with E-state index in [1.54, 1.807) is 0 Å². The summed E-state index contributed by atoms with van der Waals surface area (Å²) in [5, 5.41) is 0. The smallest absolute Gasteiger partial charge is 0.0500 e. The Balaban J connectivity index is -0.0000000263. The molecule has 0 aromatic carbocycles. The van der Waals surface area contributed by atoms with Gasteiger partial charge in [-0.25, -0.2) is 0 Å². The highest BCUT2D eigenvalue weighted by molar-refractivity contribution is 4.20. The topological polar surface area (TPSA) is 0 Å². The van der Waals surface area contributed by atoms with Crippen LogP contribution in [0.1, 0.15) is 149 Å². The van der Waals surface area contributed by atoms with E-state index in [0.29, 0.717) is 0 Å². The van der Waals surface area contributed by atoms with E-state index in [4.69, 9.17) is 0 Å². The minimum absolute atomic E-state index is 0.833. The van der Waals surface area contributed by atoms with Gasteiger partial charge < -0.3 is 0 Å². The largest absolute Gasteiger partial charge is 0.0683 e. The van der Waals surface area contributed by atoms with E-state index < -0.39 is 0 Å². The van der Waals surface area contributed by atoms with Crippen molar-refractivity contribution in [3.63, 3.8) is 0 Å². The van der Waals surface area contributed by atoms with Crippen LogP contribution in [-0.2, 0) is 0 Å². The number of hydrogen-bond donors (Lipinski definition) is 0. The van der Waals surface area contributed by atoms with Gasteiger partial charge >= 0.3 is 0 Å². The third-order valence-corrected chi connectivity index (χ3v) is 1.000. The predicted octanol–water partition coefficient (Wildman–Crippen LogP) is 10.6. The van der Waals surface area contributed by atoms with Gasteiger partial charge in [-0.05, 0) is 5.92 Å². The van der Waals surface area contributed by atoms with Crippen molar-refractivity contribution >= 4 is 0 Å². The van der Waals surface area contributed by atoms with Crippen LogP contribution >= 0.6 is 0 Å². The fourth-order valence-electron chi connectivity index (χ4n) is 0. The van der Waals surface area contributed by atoms with Crippen molar-refractivity contribution in [2.75, 3.05) is 0 Å². The summed E-state index contributed by atoms with van der Waals surface area (Å²) in [5.41, 5.74) is 0. The van der Waals surface area contributed by atoms with Crippen molar-refractivity contribution in [1.82, 2.24) is 0 Å². The molecule has 0 aliphatic carbocycles.